The third kappa shape index (κ3) is 4.00. The van der Waals surface area contributed by atoms with Gasteiger partial charge in [0.1, 0.15) is 5.75 Å². The van der Waals surface area contributed by atoms with Crippen LogP contribution in [0.5, 0.6) is 5.75 Å². The quantitative estimate of drug-likeness (QED) is 0.331. The van der Waals surface area contributed by atoms with Crippen LogP contribution in [0.4, 0.5) is 0 Å². The summed E-state index contributed by atoms with van der Waals surface area (Å²) in [7, 11) is 1.91. The molecule has 6 heteroatoms. The van der Waals surface area contributed by atoms with E-state index in [0.717, 1.165) is 29.4 Å². The number of nitrogens with one attached hydrogen (secondary N) is 1. The molecule has 1 heterocycles. The van der Waals surface area contributed by atoms with E-state index in [1.807, 2.05) is 24.2 Å². The van der Waals surface area contributed by atoms with E-state index in [4.69, 9.17) is 5.73 Å². The molecule has 0 aliphatic carbocycles. The van der Waals surface area contributed by atoms with Crippen molar-refractivity contribution >= 4 is 23.1 Å². The summed E-state index contributed by atoms with van der Waals surface area (Å²) in [4.78, 5) is 5.01. The molecule has 0 aliphatic rings. The van der Waals surface area contributed by atoms with Crippen LogP contribution >= 0.6 is 0 Å². The molecular formula is C16H23N5O. The summed E-state index contributed by atoms with van der Waals surface area (Å²) in [6.45, 7) is 3.04. The fourth-order valence-electron chi connectivity index (χ4n) is 2.18. The number of fused-ring (bicyclic) bond motifs is 1. The number of aromatic nitrogens is 1. The van der Waals surface area contributed by atoms with Crippen LogP contribution < -0.4 is 5.73 Å². The first kappa shape index (κ1) is 15.9. The van der Waals surface area contributed by atoms with E-state index in [0.29, 0.717) is 5.96 Å². The summed E-state index contributed by atoms with van der Waals surface area (Å²) >= 11 is 0. The molecular weight excluding hydrogens is 278 g/mol. The van der Waals surface area contributed by atoms with Gasteiger partial charge in [-0.2, -0.15) is 5.10 Å². The van der Waals surface area contributed by atoms with Crippen molar-refractivity contribution < 1.29 is 5.11 Å². The van der Waals surface area contributed by atoms with Gasteiger partial charge in [0.15, 0.2) is 0 Å². The molecule has 0 atom stereocenters. The summed E-state index contributed by atoms with van der Waals surface area (Å²) in [5.41, 5.74) is 7.69. The third-order valence-electron chi connectivity index (χ3n) is 3.54. The Bertz CT molecular complexity index is 674. The van der Waals surface area contributed by atoms with Gasteiger partial charge in [-0.3, -0.25) is 0 Å². The largest absolute Gasteiger partial charge is 0.508 e. The Morgan fingerprint density at radius 3 is 3.00 bits per heavy atom. The molecule has 0 saturated carbocycles. The van der Waals surface area contributed by atoms with Crippen LogP contribution in [-0.2, 0) is 0 Å². The first-order chi connectivity index (χ1) is 10.6. The van der Waals surface area contributed by atoms with Gasteiger partial charge in [-0.1, -0.05) is 19.8 Å². The van der Waals surface area contributed by atoms with E-state index < -0.39 is 0 Å². The van der Waals surface area contributed by atoms with Crippen LogP contribution in [0.25, 0.3) is 10.9 Å². The molecule has 0 spiro atoms. The van der Waals surface area contributed by atoms with Crippen molar-refractivity contribution in [2.24, 2.45) is 15.9 Å². The van der Waals surface area contributed by atoms with Crippen molar-refractivity contribution in [1.29, 1.82) is 0 Å². The molecule has 0 fully saturated rings. The average molecular weight is 301 g/mol. The Kier molecular flexibility index (Phi) is 5.41. The highest BCUT2D eigenvalue weighted by molar-refractivity contribution is 5.99. The van der Waals surface area contributed by atoms with Crippen LogP contribution in [0.15, 0.2) is 34.6 Å². The van der Waals surface area contributed by atoms with Gasteiger partial charge in [-0.15, -0.1) is 5.10 Å². The second-order valence-electron chi connectivity index (χ2n) is 5.31. The highest BCUT2D eigenvalue weighted by Gasteiger charge is 2.03. The first-order valence-corrected chi connectivity index (χ1v) is 7.49. The Hall–Kier alpha value is -2.50. The number of benzene rings is 1. The maximum absolute atomic E-state index is 9.55. The summed E-state index contributed by atoms with van der Waals surface area (Å²) in [5, 5.41) is 18.5. The summed E-state index contributed by atoms with van der Waals surface area (Å²) in [5.74, 6) is 0.621. The van der Waals surface area contributed by atoms with Gasteiger partial charge in [-0.25, -0.2) is 0 Å². The number of hydrogen-bond acceptors (Lipinski definition) is 3. The van der Waals surface area contributed by atoms with E-state index in [9.17, 15) is 5.11 Å². The van der Waals surface area contributed by atoms with Crippen molar-refractivity contribution in [3.63, 3.8) is 0 Å². The number of aromatic hydroxyl groups is 1. The van der Waals surface area contributed by atoms with Crippen molar-refractivity contribution in [1.82, 2.24) is 9.88 Å². The minimum Gasteiger partial charge on any atom is -0.508 e. The lowest BCUT2D eigenvalue weighted by Gasteiger charge is -2.16. The molecule has 0 unspecified atom stereocenters. The number of nitrogens with two attached hydrogens (primary N) is 1. The molecule has 6 nitrogen and oxygen atoms in total. The second-order valence-corrected chi connectivity index (χ2v) is 5.31. The topological polar surface area (TPSA) is 90.0 Å². The Labute approximate surface area is 130 Å². The smallest absolute Gasteiger partial charge is 0.216 e. The zero-order valence-corrected chi connectivity index (χ0v) is 13.1. The highest BCUT2D eigenvalue weighted by Crippen LogP contribution is 2.21. The summed E-state index contributed by atoms with van der Waals surface area (Å²) < 4.78 is 0. The van der Waals surface area contributed by atoms with Gasteiger partial charge in [0.05, 0.1) is 6.21 Å². The highest BCUT2D eigenvalue weighted by atomic mass is 16.3. The van der Waals surface area contributed by atoms with E-state index in [-0.39, 0.29) is 5.75 Å². The lowest BCUT2D eigenvalue weighted by Crippen LogP contribution is -2.34. The molecule has 0 bridgehead atoms. The molecule has 0 aliphatic heterocycles. The zero-order chi connectivity index (χ0) is 15.9. The Morgan fingerprint density at radius 2 is 2.23 bits per heavy atom. The number of phenols is 1. The van der Waals surface area contributed by atoms with Gasteiger partial charge in [-0.05, 0) is 24.6 Å². The molecule has 0 amide bonds. The Balaban J connectivity index is 2.03. The van der Waals surface area contributed by atoms with Crippen molar-refractivity contribution in [3.8, 4) is 5.75 Å². The van der Waals surface area contributed by atoms with Gasteiger partial charge < -0.3 is 20.7 Å². The molecule has 1 aromatic heterocycles. The normalized spacial score (nSPS) is 12.4. The fraction of sp³-hybridized carbons (Fsp3) is 0.375. The summed E-state index contributed by atoms with van der Waals surface area (Å²) in [6.07, 6.45) is 6.90. The van der Waals surface area contributed by atoms with E-state index in [1.54, 1.807) is 18.3 Å². The maximum atomic E-state index is 9.55. The van der Waals surface area contributed by atoms with Crippen LogP contribution in [0.1, 0.15) is 31.7 Å². The number of aromatic amines is 1. The lowest BCUT2D eigenvalue weighted by atomic mass is 10.2. The molecule has 118 valence electrons. The maximum Gasteiger partial charge on any atom is 0.216 e. The summed E-state index contributed by atoms with van der Waals surface area (Å²) in [6, 6.07) is 5.15. The number of phenolic OH excluding ortho intramolecular Hbond substituents is 1. The molecule has 4 N–H and O–H groups in total. The van der Waals surface area contributed by atoms with Crippen LogP contribution in [0.3, 0.4) is 0 Å². The average Bonchev–Trinajstić information content (AvgIpc) is 2.89. The number of hydrogen-bond donors (Lipinski definition) is 3. The van der Waals surface area contributed by atoms with E-state index >= 15 is 0 Å². The van der Waals surface area contributed by atoms with E-state index in [2.05, 4.69) is 22.1 Å². The number of nitrogens with zero attached hydrogens (tertiary/aromatic N) is 3. The van der Waals surface area contributed by atoms with Crippen molar-refractivity contribution in [3.05, 3.63) is 30.0 Å². The van der Waals surface area contributed by atoms with Crippen LogP contribution in [0.2, 0.25) is 0 Å². The molecule has 22 heavy (non-hydrogen) atoms. The first-order valence-electron chi connectivity index (χ1n) is 7.49. The lowest BCUT2D eigenvalue weighted by molar-refractivity contribution is 0.470. The van der Waals surface area contributed by atoms with E-state index in [1.165, 1.54) is 12.8 Å². The predicted molar refractivity (Wildman–Crippen MR) is 91.3 cm³/mol. The van der Waals surface area contributed by atoms with Crippen molar-refractivity contribution in [2.75, 3.05) is 13.6 Å². The molecule has 0 radical (unpaired) electrons. The monoisotopic (exact) mass is 301 g/mol. The van der Waals surface area contributed by atoms with Gasteiger partial charge in [0.25, 0.3) is 0 Å². The second kappa shape index (κ2) is 7.49. The van der Waals surface area contributed by atoms with Gasteiger partial charge >= 0.3 is 0 Å². The van der Waals surface area contributed by atoms with Gasteiger partial charge in [0, 0.05) is 36.3 Å². The minimum absolute atomic E-state index is 0.223. The Morgan fingerprint density at radius 1 is 1.41 bits per heavy atom. The number of guanidine groups is 1. The molecule has 1 aromatic carbocycles. The van der Waals surface area contributed by atoms with Crippen molar-refractivity contribution in [2.45, 2.75) is 26.2 Å². The predicted octanol–water partition coefficient (Wildman–Crippen LogP) is 2.64. The van der Waals surface area contributed by atoms with Crippen LogP contribution in [-0.4, -0.2) is 40.8 Å². The molecule has 2 rings (SSSR count). The number of H-pyrrole nitrogens is 1. The number of rotatable bonds is 6. The number of unbranched alkanes of at least 4 members (excludes halogenated alkanes) is 2. The zero-order valence-electron chi connectivity index (χ0n) is 13.1. The standard InChI is InChI=1S/C16H23N5O/c1-3-4-5-8-21(2)16(17)20-19-11-12-10-18-15-7-6-13(22)9-14(12)15/h6-7,9-11,18,22H,3-5,8H2,1-2H3,(H2,17,20)/b19-11+. The third-order valence-corrected chi connectivity index (χ3v) is 3.54. The molecule has 2 aromatic rings. The SMILES string of the molecule is CCCCCN(C)/C(N)=N/N=C/c1c[nH]c2ccc(O)cc12. The van der Waals surface area contributed by atoms with Crippen LogP contribution in [0, 0.1) is 0 Å². The van der Waals surface area contributed by atoms with Gasteiger partial charge in [0.2, 0.25) is 5.96 Å². The molecule has 0 saturated heterocycles. The fourth-order valence-corrected chi connectivity index (χ4v) is 2.18. The minimum atomic E-state index is 0.223.